The van der Waals surface area contributed by atoms with Gasteiger partial charge in [-0.25, -0.2) is 8.42 Å². The number of hydrogen-bond donors (Lipinski definition) is 2. The van der Waals surface area contributed by atoms with Crippen LogP contribution in [-0.2, 0) is 14.6 Å². The van der Waals surface area contributed by atoms with Crippen molar-refractivity contribution >= 4 is 15.7 Å². The minimum atomic E-state index is -3.06. The number of piperidine rings is 1. The van der Waals surface area contributed by atoms with E-state index in [0.29, 0.717) is 0 Å². The van der Waals surface area contributed by atoms with E-state index in [4.69, 9.17) is 5.73 Å². The Morgan fingerprint density at radius 3 is 2.78 bits per heavy atom. The fourth-order valence-corrected chi connectivity index (χ4v) is 2.75. The molecular formula is C11H23N3O3S. The summed E-state index contributed by atoms with van der Waals surface area (Å²) >= 11 is 0. The number of carbonyl (C=O) groups excluding carboxylic acids is 1. The first-order chi connectivity index (χ1) is 8.28. The Balaban J connectivity index is 2.35. The van der Waals surface area contributed by atoms with Crippen molar-refractivity contribution in [2.24, 2.45) is 5.73 Å². The summed E-state index contributed by atoms with van der Waals surface area (Å²) in [7, 11) is -1.05. The fourth-order valence-electron chi connectivity index (χ4n) is 2.06. The predicted molar refractivity (Wildman–Crippen MR) is 71.0 cm³/mol. The quantitative estimate of drug-likeness (QED) is 0.669. The minimum Gasteiger partial charge on any atom is -0.351 e. The highest BCUT2D eigenvalue weighted by molar-refractivity contribution is 7.90. The van der Waals surface area contributed by atoms with Crippen LogP contribution in [0.5, 0.6) is 0 Å². The molecule has 1 amide bonds. The summed E-state index contributed by atoms with van der Waals surface area (Å²) in [5.41, 5.74) is 5.69. The molecule has 0 aromatic rings. The number of nitrogens with zero attached hydrogens (tertiary/aromatic N) is 1. The fraction of sp³-hybridized carbons (Fsp3) is 0.909. The van der Waals surface area contributed by atoms with Crippen LogP contribution >= 0.6 is 0 Å². The molecule has 2 unspecified atom stereocenters. The summed E-state index contributed by atoms with van der Waals surface area (Å²) in [5.74, 6) is -0.300. The van der Waals surface area contributed by atoms with Gasteiger partial charge in [0.2, 0.25) is 5.91 Å². The van der Waals surface area contributed by atoms with E-state index in [2.05, 4.69) is 10.2 Å². The molecule has 3 N–H and O–H groups in total. The van der Waals surface area contributed by atoms with Crippen molar-refractivity contribution in [2.45, 2.75) is 31.3 Å². The molecule has 1 aliphatic heterocycles. The monoisotopic (exact) mass is 277 g/mol. The molecule has 0 aromatic carbocycles. The first-order valence-electron chi connectivity index (χ1n) is 6.20. The van der Waals surface area contributed by atoms with Gasteiger partial charge in [-0.3, -0.25) is 4.79 Å². The number of likely N-dealkylation sites (N-methyl/N-ethyl adjacent to an activating group) is 1. The maximum absolute atomic E-state index is 11.8. The lowest BCUT2D eigenvalue weighted by Gasteiger charge is -2.30. The molecule has 0 aromatic heterocycles. The van der Waals surface area contributed by atoms with Gasteiger partial charge in [0.15, 0.2) is 0 Å². The zero-order chi connectivity index (χ0) is 13.8. The lowest BCUT2D eigenvalue weighted by atomic mass is 10.1. The Hall–Kier alpha value is -0.660. The second-order valence-corrected chi connectivity index (χ2v) is 7.39. The van der Waals surface area contributed by atoms with Crippen LogP contribution in [0.3, 0.4) is 0 Å². The summed E-state index contributed by atoms with van der Waals surface area (Å²) in [6.07, 6.45) is 3.33. The van der Waals surface area contributed by atoms with Crippen molar-refractivity contribution in [3.05, 3.63) is 0 Å². The van der Waals surface area contributed by atoms with Crippen molar-refractivity contribution in [2.75, 3.05) is 32.1 Å². The van der Waals surface area contributed by atoms with Crippen LogP contribution in [0.15, 0.2) is 0 Å². The van der Waals surface area contributed by atoms with Crippen LogP contribution in [0, 0.1) is 0 Å². The lowest BCUT2D eigenvalue weighted by molar-refractivity contribution is -0.123. The number of rotatable bonds is 5. The van der Waals surface area contributed by atoms with Gasteiger partial charge in [0.1, 0.15) is 9.84 Å². The summed E-state index contributed by atoms with van der Waals surface area (Å²) < 4.78 is 22.0. The SMILES string of the molecule is CN1CCCC(NC(=O)C(N)CCS(C)(=O)=O)C1. The number of hydrogen-bond acceptors (Lipinski definition) is 5. The molecule has 106 valence electrons. The highest BCUT2D eigenvalue weighted by Crippen LogP contribution is 2.08. The second-order valence-electron chi connectivity index (χ2n) is 5.14. The highest BCUT2D eigenvalue weighted by atomic mass is 32.2. The first kappa shape index (κ1) is 15.4. The third kappa shape index (κ3) is 5.79. The molecule has 0 saturated carbocycles. The van der Waals surface area contributed by atoms with Crippen LogP contribution in [0.4, 0.5) is 0 Å². The minimum absolute atomic E-state index is 0.0494. The van der Waals surface area contributed by atoms with Crippen molar-refractivity contribution in [3.8, 4) is 0 Å². The molecule has 0 radical (unpaired) electrons. The Morgan fingerprint density at radius 2 is 2.22 bits per heavy atom. The van der Waals surface area contributed by atoms with Crippen molar-refractivity contribution < 1.29 is 13.2 Å². The van der Waals surface area contributed by atoms with Crippen LogP contribution in [0.2, 0.25) is 0 Å². The molecule has 1 rings (SSSR count). The smallest absolute Gasteiger partial charge is 0.237 e. The number of amides is 1. The van der Waals surface area contributed by atoms with Crippen LogP contribution in [0.1, 0.15) is 19.3 Å². The Morgan fingerprint density at radius 1 is 1.56 bits per heavy atom. The van der Waals surface area contributed by atoms with Crippen LogP contribution in [0.25, 0.3) is 0 Å². The van der Waals surface area contributed by atoms with Crippen LogP contribution < -0.4 is 11.1 Å². The standard InChI is InChI=1S/C11H23N3O3S/c1-14-6-3-4-9(8-14)13-11(15)10(12)5-7-18(2,16)17/h9-10H,3-8,12H2,1-2H3,(H,13,15). The number of sulfone groups is 1. The zero-order valence-corrected chi connectivity index (χ0v) is 11.9. The van der Waals surface area contributed by atoms with Gasteiger partial charge in [0.05, 0.1) is 11.8 Å². The van der Waals surface area contributed by atoms with Gasteiger partial charge in [-0.2, -0.15) is 0 Å². The number of nitrogens with two attached hydrogens (primary N) is 1. The number of nitrogens with one attached hydrogen (secondary N) is 1. The number of carbonyl (C=O) groups is 1. The van der Waals surface area contributed by atoms with Crippen molar-refractivity contribution in [1.29, 1.82) is 0 Å². The average Bonchev–Trinajstić information content (AvgIpc) is 2.24. The van der Waals surface area contributed by atoms with Gasteiger partial charge in [0, 0.05) is 18.8 Å². The van der Waals surface area contributed by atoms with Gasteiger partial charge in [-0.05, 0) is 32.9 Å². The van der Waals surface area contributed by atoms with E-state index in [9.17, 15) is 13.2 Å². The van der Waals surface area contributed by atoms with Crippen LogP contribution in [-0.4, -0.2) is 63.5 Å². The molecule has 2 atom stereocenters. The molecule has 0 spiro atoms. The Labute approximate surface area is 109 Å². The lowest BCUT2D eigenvalue weighted by Crippen LogP contribution is -2.51. The van der Waals surface area contributed by atoms with Gasteiger partial charge in [-0.15, -0.1) is 0 Å². The molecule has 6 nitrogen and oxygen atoms in total. The summed E-state index contributed by atoms with van der Waals surface area (Å²) in [5, 5.41) is 2.88. The second kappa shape index (κ2) is 6.49. The number of likely N-dealkylation sites (tertiary alicyclic amines) is 1. The molecule has 1 heterocycles. The van der Waals surface area contributed by atoms with Gasteiger partial charge < -0.3 is 16.0 Å². The average molecular weight is 277 g/mol. The molecular weight excluding hydrogens is 254 g/mol. The van der Waals surface area contributed by atoms with E-state index in [1.54, 1.807) is 0 Å². The first-order valence-corrected chi connectivity index (χ1v) is 8.26. The Bertz CT molecular complexity index is 383. The largest absolute Gasteiger partial charge is 0.351 e. The predicted octanol–water partition coefficient (Wildman–Crippen LogP) is -1.04. The van der Waals surface area contributed by atoms with E-state index in [1.165, 1.54) is 0 Å². The third-order valence-electron chi connectivity index (χ3n) is 3.11. The van der Waals surface area contributed by atoms with E-state index >= 15 is 0 Å². The summed E-state index contributed by atoms with van der Waals surface area (Å²) in [6.45, 7) is 1.87. The maximum Gasteiger partial charge on any atom is 0.237 e. The molecule has 7 heteroatoms. The molecule has 1 fully saturated rings. The normalized spacial score (nSPS) is 23.6. The third-order valence-corrected chi connectivity index (χ3v) is 4.08. The zero-order valence-electron chi connectivity index (χ0n) is 11.1. The highest BCUT2D eigenvalue weighted by Gasteiger charge is 2.22. The molecule has 1 aliphatic rings. The van der Waals surface area contributed by atoms with E-state index in [-0.39, 0.29) is 24.1 Å². The van der Waals surface area contributed by atoms with Gasteiger partial charge in [0.25, 0.3) is 0 Å². The molecule has 0 bridgehead atoms. The maximum atomic E-state index is 11.8. The van der Waals surface area contributed by atoms with E-state index in [1.807, 2.05) is 7.05 Å². The molecule has 18 heavy (non-hydrogen) atoms. The topological polar surface area (TPSA) is 92.5 Å². The van der Waals surface area contributed by atoms with Crippen molar-refractivity contribution in [3.63, 3.8) is 0 Å². The van der Waals surface area contributed by atoms with E-state index in [0.717, 1.165) is 32.2 Å². The van der Waals surface area contributed by atoms with E-state index < -0.39 is 15.9 Å². The Kier molecular flexibility index (Phi) is 5.55. The summed E-state index contributed by atoms with van der Waals surface area (Å²) in [4.78, 5) is 13.9. The van der Waals surface area contributed by atoms with Crippen molar-refractivity contribution in [1.82, 2.24) is 10.2 Å². The molecule has 0 aliphatic carbocycles. The summed E-state index contributed by atoms with van der Waals surface area (Å²) in [6, 6.07) is -0.618. The van der Waals surface area contributed by atoms with Gasteiger partial charge >= 0.3 is 0 Å². The molecule has 1 saturated heterocycles. The van der Waals surface area contributed by atoms with Gasteiger partial charge in [-0.1, -0.05) is 0 Å².